The van der Waals surface area contributed by atoms with Crippen molar-refractivity contribution in [2.75, 3.05) is 39.3 Å². The van der Waals surface area contributed by atoms with Crippen LogP contribution < -0.4 is 10.5 Å². The van der Waals surface area contributed by atoms with Gasteiger partial charge in [-0.3, -0.25) is 14.5 Å². The number of carbonyl (C=O) groups is 2. The number of piperidine rings is 2. The molecule has 6 rings (SSSR count). The van der Waals surface area contributed by atoms with Gasteiger partial charge in [-0.2, -0.15) is 0 Å². The summed E-state index contributed by atoms with van der Waals surface area (Å²) in [5.41, 5.74) is 8.94. The van der Waals surface area contributed by atoms with Gasteiger partial charge in [-0.1, -0.05) is 0 Å². The first-order chi connectivity index (χ1) is 19.0. The van der Waals surface area contributed by atoms with Crippen molar-refractivity contribution in [3.63, 3.8) is 0 Å². The number of fused-ring (bicyclic) bond motifs is 3. The topological polar surface area (TPSA) is 117 Å². The molecule has 4 aromatic rings. The number of H-pyrrole nitrogens is 1. The minimum Gasteiger partial charge on any atom is -0.493 e. The van der Waals surface area contributed by atoms with E-state index in [0.717, 1.165) is 68.4 Å². The summed E-state index contributed by atoms with van der Waals surface area (Å²) in [6.07, 6.45) is 9.77. The number of benzene rings is 1. The number of nitrogens with zero attached hydrogens (tertiary/aromatic N) is 4. The summed E-state index contributed by atoms with van der Waals surface area (Å²) in [4.78, 5) is 41.0. The minimum absolute atomic E-state index is 0.208. The molecule has 0 bridgehead atoms. The van der Waals surface area contributed by atoms with Crippen molar-refractivity contribution >= 4 is 33.8 Å². The average molecular weight is 527 g/mol. The molecule has 9 nitrogen and oxygen atoms in total. The van der Waals surface area contributed by atoms with Gasteiger partial charge in [0.1, 0.15) is 5.75 Å². The predicted octanol–water partition coefficient (Wildman–Crippen LogP) is 3.71. The number of rotatable bonds is 7. The molecule has 3 N–H and O–H groups in total. The lowest BCUT2D eigenvalue weighted by atomic mass is 9.87. The van der Waals surface area contributed by atoms with E-state index in [4.69, 9.17) is 10.5 Å². The number of nitrogens with two attached hydrogens (primary N) is 1. The molecular formula is C30H34N6O3. The van der Waals surface area contributed by atoms with Gasteiger partial charge in [-0.15, -0.1) is 0 Å². The number of aromatic amines is 1. The zero-order valence-electron chi connectivity index (χ0n) is 22.0. The van der Waals surface area contributed by atoms with Crippen LogP contribution in [0.1, 0.15) is 47.5 Å². The number of likely N-dealkylation sites (tertiary alicyclic amines) is 2. The molecule has 39 heavy (non-hydrogen) atoms. The molecule has 1 aromatic carbocycles. The van der Waals surface area contributed by atoms with Gasteiger partial charge in [0.2, 0.25) is 11.8 Å². The van der Waals surface area contributed by atoms with Gasteiger partial charge in [0.05, 0.1) is 24.9 Å². The van der Waals surface area contributed by atoms with E-state index in [1.807, 2.05) is 29.6 Å². The molecule has 0 spiro atoms. The molecule has 3 aromatic heterocycles. The predicted molar refractivity (Wildman–Crippen MR) is 150 cm³/mol. The van der Waals surface area contributed by atoms with Gasteiger partial charge in [0, 0.05) is 47.7 Å². The zero-order chi connectivity index (χ0) is 26.8. The monoisotopic (exact) mass is 526 g/mol. The highest BCUT2D eigenvalue weighted by Gasteiger charge is 2.28. The quantitative estimate of drug-likeness (QED) is 0.379. The van der Waals surface area contributed by atoms with Crippen LogP contribution in [0.5, 0.6) is 5.75 Å². The van der Waals surface area contributed by atoms with E-state index >= 15 is 0 Å². The summed E-state index contributed by atoms with van der Waals surface area (Å²) in [5, 5.41) is 2.32. The van der Waals surface area contributed by atoms with Crippen molar-refractivity contribution in [1.82, 2.24) is 24.8 Å². The molecule has 2 aliphatic heterocycles. The summed E-state index contributed by atoms with van der Waals surface area (Å²) < 4.78 is 5.95. The summed E-state index contributed by atoms with van der Waals surface area (Å²) in [6, 6.07) is 11.1. The molecule has 1 atom stereocenters. The van der Waals surface area contributed by atoms with Crippen molar-refractivity contribution in [2.24, 2.45) is 11.7 Å². The number of hydrogen-bond donors (Lipinski definition) is 2. The zero-order valence-corrected chi connectivity index (χ0v) is 22.0. The fourth-order valence-corrected chi connectivity index (χ4v) is 6.08. The van der Waals surface area contributed by atoms with Crippen molar-refractivity contribution in [3.8, 4) is 5.75 Å². The Kier molecular flexibility index (Phi) is 7.15. The highest BCUT2D eigenvalue weighted by molar-refractivity contribution is 6.05. The highest BCUT2D eigenvalue weighted by atomic mass is 16.5. The SMILES string of the molecule is NC(=O)c1ccc(OCC2CCCN(C(=O)CN3CCC(c4cc[nH]c5cnc6nccc6c45)CC3)C2)cc1. The van der Waals surface area contributed by atoms with Gasteiger partial charge in [0.25, 0.3) is 0 Å². The van der Waals surface area contributed by atoms with Crippen LogP contribution in [0.4, 0.5) is 0 Å². The average Bonchev–Trinajstić information content (AvgIpc) is 3.46. The normalized spacial score (nSPS) is 19.0. The second kappa shape index (κ2) is 11.0. The van der Waals surface area contributed by atoms with Crippen LogP contribution in [-0.2, 0) is 4.79 Å². The molecule has 2 fully saturated rings. The second-order valence-electron chi connectivity index (χ2n) is 10.8. The number of nitrogens with one attached hydrogen (secondary N) is 1. The van der Waals surface area contributed by atoms with Crippen molar-refractivity contribution in [2.45, 2.75) is 31.6 Å². The fourth-order valence-electron chi connectivity index (χ4n) is 6.08. The van der Waals surface area contributed by atoms with Crippen LogP contribution >= 0.6 is 0 Å². The number of amides is 2. The van der Waals surface area contributed by atoms with E-state index in [1.165, 1.54) is 10.9 Å². The number of aromatic nitrogens is 3. The Bertz CT molecular complexity index is 1480. The van der Waals surface area contributed by atoms with E-state index in [1.54, 1.807) is 24.3 Å². The van der Waals surface area contributed by atoms with E-state index in [0.29, 0.717) is 36.3 Å². The lowest BCUT2D eigenvalue weighted by Gasteiger charge is -2.36. The number of carbonyl (C=O) groups excluding carboxylic acids is 2. The summed E-state index contributed by atoms with van der Waals surface area (Å²) in [7, 11) is 0. The Labute approximate surface area is 227 Å². The molecule has 5 heterocycles. The standard InChI is InChI=1S/C30H34N6O3/c31-29(38)22-3-5-23(6-4-22)39-19-20-2-1-13-36(17-20)27(37)18-35-14-9-21(10-15-35)24-7-11-32-26-16-34-30-25(28(24)26)8-12-33-30/h3-8,11-12,16,20-21,32H,1-2,9-10,13-15,17-19H2,(H2,31,38). The van der Waals surface area contributed by atoms with Crippen LogP contribution in [0.15, 0.2) is 55.0 Å². The minimum atomic E-state index is -0.450. The maximum atomic E-state index is 13.2. The number of hydrogen-bond acceptors (Lipinski definition) is 6. The summed E-state index contributed by atoms with van der Waals surface area (Å²) in [6.45, 7) is 4.37. The van der Waals surface area contributed by atoms with Crippen LogP contribution in [0, 0.1) is 5.92 Å². The molecule has 9 heteroatoms. The third kappa shape index (κ3) is 5.45. The lowest BCUT2D eigenvalue weighted by molar-refractivity contribution is -0.134. The molecule has 2 aliphatic rings. The molecule has 0 saturated carbocycles. The van der Waals surface area contributed by atoms with Gasteiger partial charge in [-0.25, -0.2) is 9.97 Å². The van der Waals surface area contributed by atoms with Crippen molar-refractivity contribution in [3.05, 3.63) is 66.1 Å². The third-order valence-electron chi connectivity index (χ3n) is 8.21. The maximum absolute atomic E-state index is 13.2. The summed E-state index contributed by atoms with van der Waals surface area (Å²) in [5.74, 6) is 1.21. The van der Waals surface area contributed by atoms with Crippen LogP contribution in [0.25, 0.3) is 21.9 Å². The molecule has 0 radical (unpaired) electrons. The Morgan fingerprint density at radius 2 is 1.85 bits per heavy atom. The lowest BCUT2D eigenvalue weighted by Crippen LogP contribution is -2.47. The summed E-state index contributed by atoms with van der Waals surface area (Å²) >= 11 is 0. The third-order valence-corrected chi connectivity index (χ3v) is 8.21. The maximum Gasteiger partial charge on any atom is 0.248 e. The first kappa shape index (κ1) is 25.3. The highest BCUT2D eigenvalue weighted by Crippen LogP contribution is 2.35. The van der Waals surface area contributed by atoms with Crippen LogP contribution in [-0.4, -0.2) is 75.9 Å². The van der Waals surface area contributed by atoms with Gasteiger partial charge in [0.15, 0.2) is 5.65 Å². The van der Waals surface area contributed by atoms with Gasteiger partial charge < -0.3 is 20.4 Å². The smallest absolute Gasteiger partial charge is 0.248 e. The Hall–Kier alpha value is -3.98. The van der Waals surface area contributed by atoms with Crippen LogP contribution in [0.3, 0.4) is 0 Å². The molecular weight excluding hydrogens is 492 g/mol. The number of ether oxygens (including phenoxy) is 1. The Morgan fingerprint density at radius 3 is 2.64 bits per heavy atom. The Balaban J connectivity index is 1.02. The number of pyridine rings is 2. The van der Waals surface area contributed by atoms with Gasteiger partial charge >= 0.3 is 0 Å². The van der Waals surface area contributed by atoms with E-state index < -0.39 is 5.91 Å². The largest absolute Gasteiger partial charge is 0.493 e. The first-order valence-corrected chi connectivity index (χ1v) is 13.8. The molecule has 2 saturated heterocycles. The Morgan fingerprint density at radius 1 is 1.03 bits per heavy atom. The molecule has 0 aliphatic carbocycles. The molecule has 202 valence electrons. The molecule has 1 unspecified atom stereocenters. The van der Waals surface area contributed by atoms with Crippen molar-refractivity contribution < 1.29 is 14.3 Å². The van der Waals surface area contributed by atoms with Crippen molar-refractivity contribution in [1.29, 1.82) is 0 Å². The van der Waals surface area contributed by atoms with Crippen LogP contribution in [0.2, 0.25) is 0 Å². The number of primary amides is 1. The van der Waals surface area contributed by atoms with E-state index in [2.05, 4.69) is 25.9 Å². The fraction of sp³-hybridized carbons (Fsp3) is 0.400. The molecule has 2 amide bonds. The van der Waals surface area contributed by atoms with E-state index in [-0.39, 0.29) is 5.91 Å². The second-order valence-corrected chi connectivity index (χ2v) is 10.8. The van der Waals surface area contributed by atoms with E-state index in [9.17, 15) is 9.59 Å². The first-order valence-electron chi connectivity index (χ1n) is 13.8. The van der Waals surface area contributed by atoms with Gasteiger partial charge in [-0.05, 0) is 86.7 Å².